The molecule has 1 aliphatic heterocycles. The number of benzene rings is 1. The van der Waals surface area contributed by atoms with E-state index in [0.29, 0.717) is 41.5 Å². The molecule has 8 nitrogen and oxygen atoms in total. The molecule has 0 radical (unpaired) electrons. The molecule has 0 aliphatic carbocycles. The summed E-state index contributed by atoms with van der Waals surface area (Å²) in [6.45, 7) is 3.06. The van der Waals surface area contributed by atoms with Gasteiger partial charge in [-0.05, 0) is 27.1 Å². The number of aromatic nitrogens is 1. The van der Waals surface area contributed by atoms with Crippen molar-refractivity contribution >= 4 is 0 Å². The van der Waals surface area contributed by atoms with Gasteiger partial charge in [0.1, 0.15) is 28.9 Å². The standard InChI is InChI=1S/C22H26N4O4/c1-13-10-18-20(22(27)26(13)9-8-25(2)3)19(16(12-23)21(24)30-18)15-7-6-14(28-4)11-17(15)29-5/h6-7,10-11,19H,8-9,24H2,1-5H3/t19-/m1/s1. The highest BCUT2D eigenvalue weighted by Crippen LogP contribution is 2.44. The van der Waals surface area contributed by atoms with Gasteiger partial charge in [0.05, 0.1) is 25.7 Å². The lowest BCUT2D eigenvalue weighted by Crippen LogP contribution is -2.34. The van der Waals surface area contributed by atoms with Crippen molar-refractivity contribution in [2.75, 3.05) is 34.9 Å². The van der Waals surface area contributed by atoms with Crippen LogP contribution in [-0.2, 0) is 6.54 Å². The number of nitriles is 1. The Morgan fingerprint density at radius 2 is 2.00 bits per heavy atom. The number of pyridine rings is 1. The molecule has 8 heteroatoms. The van der Waals surface area contributed by atoms with Crippen LogP contribution in [0.15, 0.2) is 40.5 Å². The summed E-state index contributed by atoms with van der Waals surface area (Å²) >= 11 is 0. The fourth-order valence-electron chi connectivity index (χ4n) is 3.63. The van der Waals surface area contributed by atoms with E-state index in [1.165, 1.54) is 7.11 Å². The van der Waals surface area contributed by atoms with E-state index in [4.69, 9.17) is 19.9 Å². The molecule has 0 amide bonds. The minimum atomic E-state index is -0.710. The molecule has 0 saturated carbocycles. The molecule has 2 N–H and O–H groups in total. The summed E-state index contributed by atoms with van der Waals surface area (Å²) in [6, 6.07) is 9.17. The van der Waals surface area contributed by atoms with Gasteiger partial charge < -0.3 is 29.4 Å². The normalized spacial score (nSPS) is 15.4. The fourth-order valence-corrected chi connectivity index (χ4v) is 3.63. The Kier molecular flexibility index (Phi) is 6.04. The maximum Gasteiger partial charge on any atom is 0.258 e. The first-order chi connectivity index (χ1) is 14.3. The number of likely N-dealkylation sites (N-methyl/N-ethyl adjacent to an activating group) is 1. The second-order valence-electron chi connectivity index (χ2n) is 7.36. The van der Waals surface area contributed by atoms with Crippen molar-refractivity contribution in [2.24, 2.45) is 5.73 Å². The van der Waals surface area contributed by atoms with Gasteiger partial charge >= 0.3 is 0 Å². The fraction of sp³-hybridized carbons (Fsp3) is 0.364. The Labute approximate surface area is 175 Å². The van der Waals surface area contributed by atoms with Gasteiger partial charge in [-0.15, -0.1) is 0 Å². The van der Waals surface area contributed by atoms with Crippen LogP contribution >= 0.6 is 0 Å². The Balaban J connectivity index is 2.28. The number of fused-ring (bicyclic) bond motifs is 1. The highest BCUT2D eigenvalue weighted by atomic mass is 16.5. The Morgan fingerprint density at radius 1 is 1.27 bits per heavy atom. The van der Waals surface area contributed by atoms with E-state index >= 15 is 0 Å². The Hall–Kier alpha value is -3.44. The minimum absolute atomic E-state index is 0.0160. The zero-order valence-electron chi connectivity index (χ0n) is 17.9. The molecule has 2 heterocycles. The summed E-state index contributed by atoms with van der Waals surface area (Å²) in [5, 5.41) is 9.83. The molecule has 3 rings (SSSR count). The van der Waals surface area contributed by atoms with E-state index in [0.717, 1.165) is 5.69 Å². The highest BCUT2D eigenvalue weighted by Gasteiger charge is 2.36. The lowest BCUT2D eigenvalue weighted by Gasteiger charge is -2.28. The smallest absolute Gasteiger partial charge is 0.258 e. The monoisotopic (exact) mass is 410 g/mol. The van der Waals surface area contributed by atoms with E-state index in [-0.39, 0.29) is 17.0 Å². The number of hydrogen-bond acceptors (Lipinski definition) is 7. The van der Waals surface area contributed by atoms with Crippen LogP contribution in [0.25, 0.3) is 0 Å². The number of allylic oxidation sites excluding steroid dienone is 1. The van der Waals surface area contributed by atoms with Crippen LogP contribution in [0.4, 0.5) is 0 Å². The first-order valence-electron chi connectivity index (χ1n) is 9.50. The Morgan fingerprint density at radius 3 is 2.60 bits per heavy atom. The molecule has 1 aromatic carbocycles. The van der Waals surface area contributed by atoms with Crippen LogP contribution < -0.4 is 25.5 Å². The zero-order valence-corrected chi connectivity index (χ0v) is 17.9. The molecule has 158 valence electrons. The van der Waals surface area contributed by atoms with E-state index in [2.05, 4.69) is 6.07 Å². The van der Waals surface area contributed by atoms with Gasteiger partial charge in [0, 0.05) is 36.5 Å². The summed E-state index contributed by atoms with van der Waals surface area (Å²) in [5.74, 6) is 0.729. The second-order valence-corrected chi connectivity index (χ2v) is 7.36. The summed E-state index contributed by atoms with van der Waals surface area (Å²) in [7, 11) is 6.99. The number of nitrogens with two attached hydrogens (primary N) is 1. The molecule has 0 bridgehead atoms. The largest absolute Gasteiger partial charge is 0.497 e. The lowest BCUT2D eigenvalue weighted by atomic mass is 9.83. The van der Waals surface area contributed by atoms with Crippen molar-refractivity contribution in [1.29, 1.82) is 5.26 Å². The molecule has 1 aromatic heterocycles. The maximum atomic E-state index is 13.5. The van der Waals surface area contributed by atoms with Gasteiger partial charge in [0.15, 0.2) is 0 Å². The topological polar surface area (TPSA) is 103 Å². The third-order valence-electron chi connectivity index (χ3n) is 5.21. The van der Waals surface area contributed by atoms with Gasteiger partial charge in [-0.1, -0.05) is 6.07 Å². The molecular formula is C22H26N4O4. The van der Waals surface area contributed by atoms with Crippen molar-refractivity contribution < 1.29 is 14.2 Å². The molecule has 30 heavy (non-hydrogen) atoms. The molecule has 0 saturated heterocycles. The maximum absolute atomic E-state index is 13.5. The van der Waals surface area contributed by atoms with E-state index in [9.17, 15) is 10.1 Å². The van der Waals surface area contributed by atoms with Crippen LogP contribution in [0.3, 0.4) is 0 Å². The first-order valence-corrected chi connectivity index (χ1v) is 9.50. The van der Waals surface area contributed by atoms with E-state index in [1.54, 1.807) is 35.9 Å². The quantitative estimate of drug-likeness (QED) is 0.776. The van der Waals surface area contributed by atoms with Crippen LogP contribution in [0, 0.1) is 18.3 Å². The predicted molar refractivity (Wildman–Crippen MR) is 113 cm³/mol. The van der Waals surface area contributed by atoms with E-state index < -0.39 is 5.92 Å². The van der Waals surface area contributed by atoms with Crippen molar-refractivity contribution in [3.63, 3.8) is 0 Å². The number of methoxy groups -OCH3 is 2. The SMILES string of the molecule is COc1ccc([C@@H]2C(C#N)=C(N)Oc3cc(C)n(CCN(C)C)c(=O)c32)c(OC)c1. The van der Waals surface area contributed by atoms with Crippen molar-refractivity contribution in [1.82, 2.24) is 9.47 Å². The van der Waals surface area contributed by atoms with Crippen LogP contribution in [0.2, 0.25) is 0 Å². The summed E-state index contributed by atoms with van der Waals surface area (Å²) in [4.78, 5) is 15.6. The molecule has 2 aromatic rings. The highest BCUT2D eigenvalue weighted by molar-refractivity contribution is 5.59. The average molecular weight is 410 g/mol. The van der Waals surface area contributed by atoms with Crippen molar-refractivity contribution in [2.45, 2.75) is 19.4 Å². The third-order valence-corrected chi connectivity index (χ3v) is 5.21. The summed E-state index contributed by atoms with van der Waals surface area (Å²) < 4.78 is 18.2. The molecule has 0 unspecified atom stereocenters. The van der Waals surface area contributed by atoms with Crippen LogP contribution in [0.5, 0.6) is 17.2 Å². The van der Waals surface area contributed by atoms with Crippen LogP contribution in [-0.4, -0.2) is 44.3 Å². The lowest BCUT2D eigenvalue weighted by molar-refractivity contribution is 0.366. The predicted octanol–water partition coefficient (Wildman–Crippen LogP) is 1.95. The van der Waals surface area contributed by atoms with Gasteiger partial charge in [-0.2, -0.15) is 5.26 Å². The third kappa shape index (κ3) is 3.72. The molecule has 0 spiro atoms. The molecule has 1 atom stereocenters. The van der Waals surface area contributed by atoms with Gasteiger partial charge in [0.25, 0.3) is 5.56 Å². The van der Waals surface area contributed by atoms with Gasteiger partial charge in [0.2, 0.25) is 5.88 Å². The van der Waals surface area contributed by atoms with Gasteiger partial charge in [-0.3, -0.25) is 4.79 Å². The minimum Gasteiger partial charge on any atom is -0.497 e. The number of nitrogens with zero attached hydrogens (tertiary/aromatic N) is 3. The summed E-state index contributed by atoms with van der Waals surface area (Å²) in [5.41, 5.74) is 7.80. The number of rotatable bonds is 6. The zero-order chi connectivity index (χ0) is 22.0. The molecular weight excluding hydrogens is 384 g/mol. The summed E-state index contributed by atoms with van der Waals surface area (Å²) in [6.07, 6.45) is 0. The van der Waals surface area contributed by atoms with Crippen molar-refractivity contribution in [3.05, 3.63) is 62.9 Å². The molecule has 1 aliphatic rings. The number of ether oxygens (including phenoxy) is 3. The van der Waals surface area contributed by atoms with E-state index in [1.807, 2.05) is 25.9 Å². The van der Waals surface area contributed by atoms with Gasteiger partial charge in [-0.25, -0.2) is 0 Å². The van der Waals surface area contributed by atoms with Crippen LogP contribution in [0.1, 0.15) is 22.7 Å². The van der Waals surface area contributed by atoms with Crippen molar-refractivity contribution in [3.8, 4) is 23.3 Å². The number of aryl methyl sites for hydroxylation is 1. The first kappa shape index (κ1) is 21.3. The number of hydrogen-bond donors (Lipinski definition) is 1. The molecule has 0 fully saturated rings. The Bertz CT molecular complexity index is 1100. The average Bonchev–Trinajstić information content (AvgIpc) is 2.71. The second kappa shape index (κ2) is 8.51.